The summed E-state index contributed by atoms with van der Waals surface area (Å²) in [6.45, 7) is 5.66. The Hall–Kier alpha value is -0.970. The van der Waals surface area contributed by atoms with Gasteiger partial charge in [0.1, 0.15) is 0 Å². The lowest BCUT2D eigenvalue weighted by molar-refractivity contribution is 0.273. The lowest BCUT2D eigenvalue weighted by atomic mass is 10.1. The van der Waals surface area contributed by atoms with E-state index >= 15 is 0 Å². The van der Waals surface area contributed by atoms with Crippen LogP contribution in [0.5, 0.6) is 11.5 Å². The zero-order chi connectivity index (χ0) is 15.9. The van der Waals surface area contributed by atoms with Crippen LogP contribution in [0.3, 0.4) is 0 Å². The number of halogens is 1. The van der Waals surface area contributed by atoms with Gasteiger partial charge in [-0.3, -0.25) is 4.90 Å². The molecular formula is C17H27ClN2O2. The van der Waals surface area contributed by atoms with E-state index in [1.165, 1.54) is 0 Å². The largest absolute Gasteiger partial charge is 0.493 e. The zero-order valence-electron chi connectivity index (χ0n) is 13.6. The van der Waals surface area contributed by atoms with Crippen LogP contribution in [0.2, 0.25) is 5.02 Å². The molecule has 124 valence electrons. The van der Waals surface area contributed by atoms with Crippen molar-refractivity contribution in [3.63, 3.8) is 0 Å². The van der Waals surface area contributed by atoms with E-state index in [4.69, 9.17) is 26.8 Å². The Morgan fingerprint density at radius 1 is 1.27 bits per heavy atom. The third-order valence-electron chi connectivity index (χ3n) is 4.05. The van der Waals surface area contributed by atoms with Crippen LogP contribution in [0, 0.1) is 0 Å². The minimum atomic E-state index is 0.333. The molecule has 1 aromatic rings. The molecular weight excluding hydrogens is 300 g/mol. The second kappa shape index (κ2) is 8.61. The number of nitrogens with two attached hydrogens (primary N) is 1. The summed E-state index contributed by atoms with van der Waals surface area (Å²) in [6.07, 6.45) is 4.26. The molecule has 1 fully saturated rings. The molecule has 1 atom stereocenters. The number of rotatable bonds is 6. The van der Waals surface area contributed by atoms with Crippen LogP contribution in [-0.4, -0.2) is 37.7 Å². The van der Waals surface area contributed by atoms with E-state index in [0.717, 1.165) is 67.4 Å². The number of nitrogens with zero attached hydrogens (tertiary/aromatic N) is 1. The molecule has 0 aromatic heterocycles. The van der Waals surface area contributed by atoms with Gasteiger partial charge in [-0.05, 0) is 50.4 Å². The highest BCUT2D eigenvalue weighted by Crippen LogP contribution is 2.34. The second-order valence-corrected chi connectivity index (χ2v) is 6.32. The third kappa shape index (κ3) is 4.77. The van der Waals surface area contributed by atoms with Gasteiger partial charge >= 0.3 is 0 Å². The minimum absolute atomic E-state index is 0.333. The fourth-order valence-electron chi connectivity index (χ4n) is 2.76. The Balaban J connectivity index is 2.09. The van der Waals surface area contributed by atoms with Crippen molar-refractivity contribution < 1.29 is 9.47 Å². The zero-order valence-corrected chi connectivity index (χ0v) is 14.4. The molecule has 0 spiro atoms. The normalized spacial score (nSPS) is 19.7. The molecule has 1 aliphatic rings. The second-order valence-electron chi connectivity index (χ2n) is 5.91. The average Bonchev–Trinajstić information content (AvgIpc) is 2.72. The SMILES string of the molecule is CCCOc1cc(Cl)c(CN2CCC[C@H](N)CC2)cc1OC. The van der Waals surface area contributed by atoms with Gasteiger partial charge in [0, 0.05) is 23.7 Å². The first-order valence-corrected chi connectivity index (χ1v) is 8.49. The summed E-state index contributed by atoms with van der Waals surface area (Å²) in [5.41, 5.74) is 7.12. The molecule has 1 aromatic carbocycles. The first kappa shape index (κ1) is 17.4. The Labute approximate surface area is 138 Å². The van der Waals surface area contributed by atoms with Crippen molar-refractivity contribution in [2.75, 3.05) is 26.8 Å². The van der Waals surface area contributed by atoms with E-state index in [1.54, 1.807) is 7.11 Å². The van der Waals surface area contributed by atoms with Gasteiger partial charge in [-0.1, -0.05) is 18.5 Å². The Kier molecular flexibility index (Phi) is 6.80. The van der Waals surface area contributed by atoms with Crippen molar-refractivity contribution in [2.24, 2.45) is 5.73 Å². The van der Waals surface area contributed by atoms with Crippen molar-refractivity contribution in [1.82, 2.24) is 4.90 Å². The van der Waals surface area contributed by atoms with Gasteiger partial charge in [-0.2, -0.15) is 0 Å². The van der Waals surface area contributed by atoms with E-state index in [2.05, 4.69) is 11.8 Å². The summed E-state index contributed by atoms with van der Waals surface area (Å²) in [7, 11) is 1.66. The maximum Gasteiger partial charge on any atom is 0.162 e. The van der Waals surface area contributed by atoms with Crippen LogP contribution < -0.4 is 15.2 Å². The fraction of sp³-hybridized carbons (Fsp3) is 0.647. The Morgan fingerprint density at radius 3 is 2.82 bits per heavy atom. The summed E-state index contributed by atoms with van der Waals surface area (Å²) in [6, 6.07) is 4.20. The number of ether oxygens (including phenoxy) is 2. The highest BCUT2D eigenvalue weighted by Gasteiger charge is 2.17. The van der Waals surface area contributed by atoms with E-state index in [0.29, 0.717) is 12.6 Å². The molecule has 5 heteroatoms. The molecule has 0 aliphatic carbocycles. The quantitative estimate of drug-likeness (QED) is 0.869. The lowest BCUT2D eigenvalue weighted by Gasteiger charge is -2.21. The Bertz CT molecular complexity index is 482. The minimum Gasteiger partial charge on any atom is -0.493 e. The van der Waals surface area contributed by atoms with Crippen molar-refractivity contribution in [2.45, 2.75) is 45.2 Å². The summed E-state index contributed by atoms with van der Waals surface area (Å²) >= 11 is 6.44. The van der Waals surface area contributed by atoms with Crippen LogP contribution in [0.4, 0.5) is 0 Å². The summed E-state index contributed by atoms with van der Waals surface area (Å²) in [4.78, 5) is 2.42. The van der Waals surface area contributed by atoms with E-state index in [1.807, 2.05) is 12.1 Å². The van der Waals surface area contributed by atoms with Crippen LogP contribution in [-0.2, 0) is 6.54 Å². The molecule has 2 N–H and O–H groups in total. The third-order valence-corrected chi connectivity index (χ3v) is 4.41. The maximum absolute atomic E-state index is 6.44. The first-order chi connectivity index (χ1) is 10.6. The molecule has 22 heavy (non-hydrogen) atoms. The van der Waals surface area contributed by atoms with E-state index < -0.39 is 0 Å². The highest BCUT2D eigenvalue weighted by molar-refractivity contribution is 6.31. The maximum atomic E-state index is 6.44. The molecule has 1 heterocycles. The first-order valence-electron chi connectivity index (χ1n) is 8.11. The lowest BCUT2D eigenvalue weighted by Crippen LogP contribution is -2.26. The molecule has 2 rings (SSSR count). The van der Waals surface area contributed by atoms with Gasteiger partial charge in [0.2, 0.25) is 0 Å². The molecule has 4 nitrogen and oxygen atoms in total. The van der Waals surface area contributed by atoms with Crippen LogP contribution in [0.1, 0.15) is 38.2 Å². The van der Waals surface area contributed by atoms with Gasteiger partial charge < -0.3 is 15.2 Å². The molecule has 0 amide bonds. The van der Waals surface area contributed by atoms with Gasteiger partial charge in [0.05, 0.1) is 13.7 Å². The molecule has 1 saturated heterocycles. The van der Waals surface area contributed by atoms with Gasteiger partial charge in [0.25, 0.3) is 0 Å². The molecule has 0 saturated carbocycles. The predicted octanol–water partition coefficient (Wildman–Crippen LogP) is 3.45. The molecule has 0 radical (unpaired) electrons. The topological polar surface area (TPSA) is 47.7 Å². The number of likely N-dealkylation sites (tertiary alicyclic amines) is 1. The molecule has 0 unspecified atom stereocenters. The Morgan fingerprint density at radius 2 is 2.09 bits per heavy atom. The van der Waals surface area contributed by atoms with Crippen LogP contribution in [0.25, 0.3) is 0 Å². The van der Waals surface area contributed by atoms with Crippen molar-refractivity contribution in [3.05, 3.63) is 22.7 Å². The van der Waals surface area contributed by atoms with Crippen molar-refractivity contribution >= 4 is 11.6 Å². The van der Waals surface area contributed by atoms with Gasteiger partial charge in [-0.25, -0.2) is 0 Å². The number of hydrogen-bond acceptors (Lipinski definition) is 4. The van der Waals surface area contributed by atoms with E-state index in [-0.39, 0.29) is 0 Å². The van der Waals surface area contributed by atoms with Gasteiger partial charge in [-0.15, -0.1) is 0 Å². The van der Waals surface area contributed by atoms with Crippen LogP contribution in [0.15, 0.2) is 12.1 Å². The number of methoxy groups -OCH3 is 1. The molecule has 0 bridgehead atoms. The van der Waals surface area contributed by atoms with E-state index in [9.17, 15) is 0 Å². The van der Waals surface area contributed by atoms with Crippen molar-refractivity contribution in [1.29, 1.82) is 0 Å². The monoisotopic (exact) mass is 326 g/mol. The average molecular weight is 327 g/mol. The predicted molar refractivity (Wildman–Crippen MR) is 90.9 cm³/mol. The summed E-state index contributed by atoms with van der Waals surface area (Å²) in [5, 5.41) is 0.737. The standard InChI is InChI=1S/C17H27ClN2O2/c1-3-9-22-17-11-15(18)13(10-16(17)21-2)12-20-7-4-5-14(19)6-8-20/h10-11,14H,3-9,12,19H2,1-2H3/t14-/m0/s1. The number of hydrogen-bond donors (Lipinski definition) is 1. The van der Waals surface area contributed by atoms with Crippen LogP contribution >= 0.6 is 11.6 Å². The van der Waals surface area contributed by atoms with Crippen molar-refractivity contribution in [3.8, 4) is 11.5 Å². The summed E-state index contributed by atoms with van der Waals surface area (Å²) in [5.74, 6) is 1.47. The van der Waals surface area contributed by atoms with Gasteiger partial charge in [0.15, 0.2) is 11.5 Å². The molecule has 1 aliphatic heterocycles. The fourth-order valence-corrected chi connectivity index (χ4v) is 2.98. The highest BCUT2D eigenvalue weighted by atomic mass is 35.5. The summed E-state index contributed by atoms with van der Waals surface area (Å²) < 4.78 is 11.1. The number of benzene rings is 1. The smallest absolute Gasteiger partial charge is 0.162 e.